The summed E-state index contributed by atoms with van der Waals surface area (Å²) in [4.78, 5) is 26.3. The fraction of sp³-hybridized carbons (Fsp3) is 0.238. The van der Waals surface area contributed by atoms with Crippen LogP contribution in [0, 0.1) is 18.3 Å². The molecule has 128 valence electrons. The van der Waals surface area contributed by atoms with Crippen molar-refractivity contribution in [2.45, 2.75) is 20.4 Å². The van der Waals surface area contributed by atoms with Crippen molar-refractivity contribution < 1.29 is 14.3 Å². The summed E-state index contributed by atoms with van der Waals surface area (Å²) in [5, 5.41) is 0. The van der Waals surface area contributed by atoms with Crippen LogP contribution in [-0.2, 0) is 11.3 Å². The molecule has 2 aromatic rings. The standard InChI is InChI=1S/C21H21NO3/c1-5-20(23)22(14-16-10-12-17(25-4)13-11-16)19-9-7-6-8-18(19)21(24)15(2)3/h1,6-13,15H,14H2,2-4H3. The van der Waals surface area contributed by atoms with Gasteiger partial charge in [-0.2, -0.15) is 0 Å². The molecule has 0 aliphatic carbocycles. The minimum Gasteiger partial charge on any atom is -0.497 e. The summed E-state index contributed by atoms with van der Waals surface area (Å²) in [5.74, 6) is 2.19. The largest absolute Gasteiger partial charge is 0.497 e. The molecule has 0 aliphatic heterocycles. The monoisotopic (exact) mass is 335 g/mol. The lowest BCUT2D eigenvalue weighted by Gasteiger charge is -2.23. The molecule has 4 nitrogen and oxygen atoms in total. The third-order valence-electron chi connectivity index (χ3n) is 3.85. The zero-order chi connectivity index (χ0) is 18.4. The number of hydrogen-bond donors (Lipinski definition) is 0. The lowest BCUT2D eigenvalue weighted by molar-refractivity contribution is -0.113. The second-order valence-corrected chi connectivity index (χ2v) is 5.92. The van der Waals surface area contributed by atoms with Gasteiger partial charge in [-0.3, -0.25) is 14.5 Å². The molecule has 0 radical (unpaired) electrons. The average Bonchev–Trinajstić information content (AvgIpc) is 2.65. The predicted octanol–water partition coefficient (Wildman–Crippen LogP) is 3.70. The number of hydrogen-bond acceptors (Lipinski definition) is 3. The van der Waals surface area contributed by atoms with Crippen LogP contribution >= 0.6 is 0 Å². The van der Waals surface area contributed by atoms with Gasteiger partial charge < -0.3 is 4.74 Å². The molecule has 0 saturated heterocycles. The van der Waals surface area contributed by atoms with Crippen LogP contribution < -0.4 is 9.64 Å². The van der Waals surface area contributed by atoms with Gasteiger partial charge in [0.05, 0.1) is 19.3 Å². The normalized spacial score (nSPS) is 10.2. The first kappa shape index (κ1) is 18.3. The van der Waals surface area contributed by atoms with E-state index in [1.807, 2.05) is 38.1 Å². The number of terminal acetylenes is 1. The highest BCUT2D eigenvalue weighted by molar-refractivity contribution is 6.10. The van der Waals surface area contributed by atoms with Crippen molar-refractivity contribution in [2.75, 3.05) is 12.0 Å². The summed E-state index contributed by atoms with van der Waals surface area (Å²) in [5.41, 5.74) is 1.91. The second kappa shape index (κ2) is 8.16. The van der Waals surface area contributed by atoms with Gasteiger partial charge in [0.25, 0.3) is 0 Å². The Morgan fingerprint density at radius 1 is 1.12 bits per heavy atom. The Labute approximate surface area is 148 Å². The first-order chi connectivity index (χ1) is 12.0. The van der Waals surface area contributed by atoms with Crippen molar-refractivity contribution in [3.63, 3.8) is 0 Å². The van der Waals surface area contributed by atoms with Gasteiger partial charge in [0.2, 0.25) is 0 Å². The van der Waals surface area contributed by atoms with Crippen molar-refractivity contribution in [2.24, 2.45) is 5.92 Å². The molecule has 2 aromatic carbocycles. The van der Waals surface area contributed by atoms with Crippen molar-refractivity contribution in [1.29, 1.82) is 0 Å². The molecule has 0 unspecified atom stereocenters. The first-order valence-electron chi connectivity index (χ1n) is 8.02. The second-order valence-electron chi connectivity index (χ2n) is 5.92. The maximum Gasteiger partial charge on any atom is 0.302 e. The van der Waals surface area contributed by atoms with Gasteiger partial charge in [-0.15, -0.1) is 6.42 Å². The van der Waals surface area contributed by atoms with Crippen molar-refractivity contribution in [1.82, 2.24) is 0 Å². The van der Waals surface area contributed by atoms with E-state index in [0.717, 1.165) is 11.3 Å². The minimum atomic E-state index is -0.486. The molecule has 0 spiro atoms. The molecule has 0 atom stereocenters. The number of carbonyl (C=O) groups is 2. The van der Waals surface area contributed by atoms with E-state index < -0.39 is 5.91 Å². The Hall–Kier alpha value is -3.06. The van der Waals surface area contributed by atoms with Crippen molar-refractivity contribution >= 4 is 17.4 Å². The van der Waals surface area contributed by atoms with Crippen LogP contribution in [0.15, 0.2) is 48.5 Å². The fourth-order valence-corrected chi connectivity index (χ4v) is 2.49. The average molecular weight is 335 g/mol. The number of Topliss-reactive ketones (excluding diaryl/α,β-unsaturated/α-hetero) is 1. The van der Waals surface area contributed by atoms with E-state index in [-0.39, 0.29) is 18.2 Å². The van der Waals surface area contributed by atoms with Crippen LogP contribution in [0.4, 0.5) is 5.69 Å². The fourth-order valence-electron chi connectivity index (χ4n) is 2.49. The number of anilines is 1. The summed E-state index contributed by atoms with van der Waals surface area (Å²) in [6.45, 7) is 3.93. The third kappa shape index (κ3) is 4.27. The number of ether oxygens (including phenoxy) is 1. The molecule has 0 aliphatic rings. The number of amides is 1. The maximum absolute atomic E-state index is 12.5. The number of para-hydroxylation sites is 1. The Balaban J connectivity index is 2.43. The quantitative estimate of drug-likeness (QED) is 0.597. The van der Waals surface area contributed by atoms with Crippen LogP contribution in [0.5, 0.6) is 5.75 Å². The van der Waals surface area contributed by atoms with Gasteiger partial charge in [-0.25, -0.2) is 0 Å². The minimum absolute atomic E-state index is 0.0276. The van der Waals surface area contributed by atoms with Crippen LogP contribution in [0.1, 0.15) is 29.8 Å². The maximum atomic E-state index is 12.5. The molecule has 0 aromatic heterocycles. The van der Waals surface area contributed by atoms with Gasteiger partial charge in [0, 0.05) is 11.5 Å². The Morgan fingerprint density at radius 2 is 1.76 bits per heavy atom. The number of carbonyl (C=O) groups excluding carboxylic acids is 2. The number of ketones is 1. The molecule has 0 N–H and O–H groups in total. The molecule has 0 heterocycles. The Morgan fingerprint density at radius 3 is 2.32 bits per heavy atom. The Kier molecular flexibility index (Phi) is 5.97. The number of methoxy groups -OCH3 is 1. The molecule has 25 heavy (non-hydrogen) atoms. The highest BCUT2D eigenvalue weighted by Gasteiger charge is 2.22. The van der Waals surface area contributed by atoms with E-state index >= 15 is 0 Å². The van der Waals surface area contributed by atoms with Crippen molar-refractivity contribution in [3.05, 3.63) is 59.7 Å². The molecule has 0 saturated carbocycles. The first-order valence-corrected chi connectivity index (χ1v) is 8.02. The van der Waals surface area contributed by atoms with E-state index in [1.165, 1.54) is 4.90 Å². The summed E-state index contributed by atoms with van der Waals surface area (Å²) >= 11 is 0. The van der Waals surface area contributed by atoms with Crippen molar-refractivity contribution in [3.8, 4) is 18.1 Å². The van der Waals surface area contributed by atoms with Gasteiger partial charge >= 0.3 is 5.91 Å². The molecule has 2 rings (SSSR count). The van der Waals surface area contributed by atoms with E-state index in [4.69, 9.17) is 11.2 Å². The van der Waals surface area contributed by atoms with E-state index in [9.17, 15) is 9.59 Å². The third-order valence-corrected chi connectivity index (χ3v) is 3.85. The zero-order valence-electron chi connectivity index (χ0n) is 14.7. The summed E-state index contributed by atoms with van der Waals surface area (Å²) in [7, 11) is 1.59. The topological polar surface area (TPSA) is 46.6 Å². The molecule has 0 fully saturated rings. The summed E-state index contributed by atoms with van der Waals surface area (Å²) in [6.07, 6.45) is 5.35. The molecular formula is C21H21NO3. The predicted molar refractivity (Wildman–Crippen MR) is 98.6 cm³/mol. The zero-order valence-corrected chi connectivity index (χ0v) is 14.7. The SMILES string of the molecule is C#CC(=O)N(Cc1ccc(OC)cc1)c1ccccc1C(=O)C(C)C. The van der Waals surface area contributed by atoms with Crippen LogP contribution in [-0.4, -0.2) is 18.8 Å². The highest BCUT2D eigenvalue weighted by atomic mass is 16.5. The van der Waals surface area contributed by atoms with Gasteiger partial charge in [0.1, 0.15) is 5.75 Å². The Bertz CT molecular complexity index is 801. The number of benzene rings is 2. The molecule has 4 heteroatoms. The number of nitrogens with zero attached hydrogens (tertiary/aromatic N) is 1. The summed E-state index contributed by atoms with van der Waals surface area (Å²) in [6, 6.07) is 14.4. The highest BCUT2D eigenvalue weighted by Crippen LogP contribution is 2.25. The van der Waals surface area contributed by atoms with Crippen LogP contribution in [0.2, 0.25) is 0 Å². The molecular weight excluding hydrogens is 314 g/mol. The van der Waals surface area contributed by atoms with Gasteiger partial charge in [-0.1, -0.05) is 38.1 Å². The van der Waals surface area contributed by atoms with Gasteiger partial charge in [-0.05, 0) is 35.7 Å². The van der Waals surface area contributed by atoms with Crippen LogP contribution in [0.25, 0.3) is 0 Å². The molecule has 0 bridgehead atoms. The van der Waals surface area contributed by atoms with E-state index in [1.54, 1.807) is 31.4 Å². The lowest BCUT2D eigenvalue weighted by atomic mass is 9.98. The number of rotatable bonds is 6. The van der Waals surface area contributed by atoms with E-state index in [0.29, 0.717) is 11.3 Å². The smallest absolute Gasteiger partial charge is 0.302 e. The van der Waals surface area contributed by atoms with Gasteiger partial charge in [0.15, 0.2) is 5.78 Å². The van der Waals surface area contributed by atoms with Crippen LogP contribution in [0.3, 0.4) is 0 Å². The molecule has 1 amide bonds. The van der Waals surface area contributed by atoms with E-state index in [2.05, 4.69) is 5.92 Å². The summed E-state index contributed by atoms with van der Waals surface area (Å²) < 4.78 is 5.15. The lowest BCUT2D eigenvalue weighted by Crippen LogP contribution is -2.30.